The molecular weight excluding hydrogens is 400 g/mol. The van der Waals surface area contributed by atoms with Gasteiger partial charge >= 0.3 is 0 Å². The molecule has 0 unspecified atom stereocenters. The zero-order valence-electron chi connectivity index (χ0n) is 18.2. The van der Waals surface area contributed by atoms with Gasteiger partial charge in [-0.25, -0.2) is 0 Å². The smallest absolute Gasteiger partial charge is 0.0622 e. The van der Waals surface area contributed by atoms with Gasteiger partial charge in [-0.05, 0) is 49.4 Å². The molecule has 0 saturated heterocycles. The molecule has 33 heavy (non-hydrogen) atoms. The number of para-hydroxylation sites is 3. The van der Waals surface area contributed by atoms with Gasteiger partial charge in [-0.2, -0.15) is 0 Å². The van der Waals surface area contributed by atoms with Crippen molar-refractivity contribution < 1.29 is 0 Å². The molecular formula is C31H20N2. The molecule has 8 aromatic rings. The molecule has 3 heterocycles. The molecule has 8 rings (SSSR count). The van der Waals surface area contributed by atoms with Crippen LogP contribution in [0.25, 0.3) is 65.6 Å². The number of nitrogens with zero attached hydrogens (tertiary/aromatic N) is 2. The maximum atomic E-state index is 2.45. The highest BCUT2D eigenvalue weighted by atomic mass is 15.0. The second-order valence-corrected chi connectivity index (χ2v) is 9.13. The number of fused-ring (bicyclic) bond motifs is 9. The molecule has 5 aromatic carbocycles. The van der Waals surface area contributed by atoms with E-state index in [1.54, 1.807) is 0 Å². The first kappa shape index (κ1) is 17.3. The van der Waals surface area contributed by atoms with Crippen molar-refractivity contribution in [1.82, 2.24) is 8.97 Å². The average Bonchev–Trinajstić information content (AvgIpc) is 3.48. The standard InChI is InChI=1S/C31H20N2/c1-19-14-15-30-24(16-19)26-18-20(17-25-23-10-4-7-13-29(23)33(30)31(25)26)32-27-11-5-2-8-21(27)22-9-3-6-12-28(22)32/h2-18H,1H3. The van der Waals surface area contributed by atoms with Gasteiger partial charge in [0.25, 0.3) is 0 Å². The van der Waals surface area contributed by atoms with Crippen LogP contribution in [-0.2, 0) is 0 Å². The lowest BCUT2D eigenvalue weighted by Crippen LogP contribution is -1.93. The zero-order chi connectivity index (χ0) is 21.7. The highest BCUT2D eigenvalue weighted by Crippen LogP contribution is 2.42. The van der Waals surface area contributed by atoms with Crippen molar-refractivity contribution in [2.75, 3.05) is 0 Å². The van der Waals surface area contributed by atoms with E-state index in [0.717, 1.165) is 0 Å². The summed E-state index contributed by atoms with van der Waals surface area (Å²) in [6.07, 6.45) is 0. The van der Waals surface area contributed by atoms with Crippen LogP contribution in [0.15, 0.2) is 103 Å². The van der Waals surface area contributed by atoms with E-state index in [-0.39, 0.29) is 0 Å². The summed E-state index contributed by atoms with van der Waals surface area (Å²) in [5.74, 6) is 0. The fraction of sp³-hybridized carbons (Fsp3) is 0.0323. The van der Waals surface area contributed by atoms with Crippen LogP contribution in [0, 0.1) is 6.92 Å². The maximum Gasteiger partial charge on any atom is 0.0622 e. The summed E-state index contributed by atoms with van der Waals surface area (Å²) in [6.45, 7) is 2.18. The quantitative estimate of drug-likeness (QED) is 0.253. The molecule has 0 aliphatic heterocycles. The Morgan fingerprint density at radius 1 is 0.455 bits per heavy atom. The van der Waals surface area contributed by atoms with E-state index in [2.05, 4.69) is 119 Å². The normalized spacial score (nSPS) is 12.4. The summed E-state index contributed by atoms with van der Waals surface area (Å²) in [5, 5.41) is 7.85. The fourth-order valence-corrected chi connectivity index (χ4v) is 5.93. The van der Waals surface area contributed by atoms with Crippen molar-refractivity contribution in [2.24, 2.45) is 0 Å². The van der Waals surface area contributed by atoms with Crippen molar-refractivity contribution in [2.45, 2.75) is 6.92 Å². The van der Waals surface area contributed by atoms with Crippen LogP contribution in [0.4, 0.5) is 0 Å². The van der Waals surface area contributed by atoms with Crippen LogP contribution in [0.5, 0.6) is 0 Å². The van der Waals surface area contributed by atoms with E-state index in [9.17, 15) is 0 Å². The Bertz CT molecular complexity index is 1980. The van der Waals surface area contributed by atoms with Gasteiger partial charge in [0.1, 0.15) is 0 Å². The van der Waals surface area contributed by atoms with Crippen LogP contribution in [-0.4, -0.2) is 8.97 Å². The van der Waals surface area contributed by atoms with E-state index >= 15 is 0 Å². The third-order valence-corrected chi connectivity index (χ3v) is 7.27. The number of aryl methyl sites for hydroxylation is 1. The first-order valence-electron chi connectivity index (χ1n) is 11.5. The average molecular weight is 421 g/mol. The molecule has 0 fully saturated rings. The van der Waals surface area contributed by atoms with Crippen LogP contribution in [0.2, 0.25) is 0 Å². The van der Waals surface area contributed by atoms with Gasteiger partial charge in [-0.15, -0.1) is 0 Å². The Labute approximate surface area is 190 Å². The third-order valence-electron chi connectivity index (χ3n) is 7.27. The minimum Gasteiger partial charge on any atom is -0.309 e. The lowest BCUT2D eigenvalue weighted by Gasteiger charge is -2.09. The summed E-state index contributed by atoms with van der Waals surface area (Å²) in [4.78, 5) is 0. The minimum absolute atomic E-state index is 1.21. The maximum absolute atomic E-state index is 2.45. The van der Waals surface area contributed by atoms with E-state index in [1.165, 1.54) is 71.2 Å². The van der Waals surface area contributed by atoms with Gasteiger partial charge in [0.2, 0.25) is 0 Å². The Hall–Kier alpha value is -4.30. The molecule has 0 N–H and O–H groups in total. The molecule has 154 valence electrons. The molecule has 0 spiro atoms. The number of rotatable bonds is 1. The monoisotopic (exact) mass is 420 g/mol. The first-order chi connectivity index (χ1) is 16.3. The number of benzene rings is 5. The lowest BCUT2D eigenvalue weighted by atomic mass is 10.1. The Balaban J connectivity index is 1.64. The summed E-state index contributed by atoms with van der Waals surface area (Å²) < 4.78 is 4.88. The lowest BCUT2D eigenvalue weighted by molar-refractivity contribution is 1.19. The number of aromatic nitrogens is 2. The Morgan fingerprint density at radius 2 is 0.970 bits per heavy atom. The van der Waals surface area contributed by atoms with Gasteiger partial charge in [0.05, 0.1) is 27.6 Å². The SMILES string of the molecule is Cc1ccc2c(c1)c1cc(-n3c4ccccc4c4ccccc43)cc3c4ccccc4n2c31. The highest BCUT2D eigenvalue weighted by Gasteiger charge is 2.20. The van der Waals surface area contributed by atoms with Crippen molar-refractivity contribution in [1.29, 1.82) is 0 Å². The van der Waals surface area contributed by atoms with Gasteiger partial charge in [-0.1, -0.05) is 66.2 Å². The van der Waals surface area contributed by atoms with Gasteiger partial charge in [0.15, 0.2) is 0 Å². The summed E-state index contributed by atoms with van der Waals surface area (Å²) >= 11 is 0. The van der Waals surface area contributed by atoms with Crippen LogP contribution >= 0.6 is 0 Å². The van der Waals surface area contributed by atoms with Crippen LogP contribution in [0.3, 0.4) is 0 Å². The summed E-state index contributed by atoms with van der Waals surface area (Å²) in [5.41, 5.74) is 8.87. The van der Waals surface area contributed by atoms with Gasteiger partial charge in [-0.3, -0.25) is 0 Å². The van der Waals surface area contributed by atoms with Crippen molar-refractivity contribution in [3.63, 3.8) is 0 Å². The molecule has 0 aliphatic carbocycles. The van der Waals surface area contributed by atoms with Gasteiger partial charge in [0, 0.05) is 38.0 Å². The third kappa shape index (κ3) is 2.08. The molecule has 0 amide bonds. The summed E-state index contributed by atoms with van der Waals surface area (Å²) in [7, 11) is 0. The van der Waals surface area contributed by atoms with E-state index in [1.807, 2.05) is 0 Å². The van der Waals surface area contributed by atoms with Gasteiger partial charge < -0.3 is 8.97 Å². The van der Waals surface area contributed by atoms with Crippen LogP contribution < -0.4 is 0 Å². The molecule has 0 saturated carbocycles. The van der Waals surface area contributed by atoms with E-state index in [4.69, 9.17) is 0 Å². The second kappa shape index (κ2) is 5.93. The highest BCUT2D eigenvalue weighted by molar-refractivity contribution is 6.24. The zero-order valence-corrected chi connectivity index (χ0v) is 18.2. The predicted octanol–water partition coefficient (Wildman–Crippen LogP) is 8.24. The first-order valence-corrected chi connectivity index (χ1v) is 11.5. The Morgan fingerprint density at radius 3 is 1.64 bits per heavy atom. The Kier molecular flexibility index (Phi) is 3.11. The van der Waals surface area contributed by atoms with E-state index < -0.39 is 0 Å². The molecule has 2 heteroatoms. The predicted molar refractivity (Wildman–Crippen MR) is 140 cm³/mol. The molecule has 0 radical (unpaired) electrons. The van der Waals surface area contributed by atoms with Crippen LogP contribution in [0.1, 0.15) is 5.56 Å². The van der Waals surface area contributed by atoms with Crippen molar-refractivity contribution in [3.8, 4) is 5.69 Å². The molecule has 0 atom stereocenters. The molecule has 0 bridgehead atoms. The largest absolute Gasteiger partial charge is 0.309 e. The molecule has 0 aliphatic rings. The molecule has 2 nitrogen and oxygen atoms in total. The topological polar surface area (TPSA) is 9.34 Å². The number of hydrogen-bond acceptors (Lipinski definition) is 0. The number of hydrogen-bond donors (Lipinski definition) is 0. The summed E-state index contributed by atoms with van der Waals surface area (Å²) in [6, 6.07) is 37.9. The fourth-order valence-electron chi connectivity index (χ4n) is 5.93. The second-order valence-electron chi connectivity index (χ2n) is 9.13. The molecule has 3 aromatic heterocycles. The van der Waals surface area contributed by atoms with E-state index in [0.29, 0.717) is 0 Å². The van der Waals surface area contributed by atoms with Crippen molar-refractivity contribution >= 4 is 59.9 Å². The minimum atomic E-state index is 1.21. The van der Waals surface area contributed by atoms with Crippen molar-refractivity contribution in [3.05, 3.63) is 109 Å².